The van der Waals surface area contributed by atoms with Crippen molar-refractivity contribution in [3.8, 4) is 11.3 Å². The quantitative estimate of drug-likeness (QED) is 0.767. The van der Waals surface area contributed by atoms with Gasteiger partial charge in [-0.15, -0.1) is 0 Å². The summed E-state index contributed by atoms with van der Waals surface area (Å²) in [6.45, 7) is 1.52. The summed E-state index contributed by atoms with van der Waals surface area (Å²) < 4.78 is 7.98. The molecule has 0 saturated heterocycles. The van der Waals surface area contributed by atoms with Gasteiger partial charge in [-0.25, -0.2) is 4.98 Å². The lowest BCUT2D eigenvalue weighted by Crippen LogP contribution is -2.39. The van der Waals surface area contributed by atoms with Crippen molar-refractivity contribution in [3.63, 3.8) is 0 Å². The molecular weight excluding hydrogens is 350 g/mol. The highest BCUT2D eigenvalue weighted by Crippen LogP contribution is 2.26. The minimum absolute atomic E-state index is 0.0939. The highest BCUT2D eigenvalue weighted by Gasteiger charge is 2.23. The number of halogens is 1. The fraction of sp³-hybridized carbons (Fsp3) is 0.200. The predicted octanol–water partition coefficient (Wildman–Crippen LogP) is 3.53. The molecule has 0 radical (unpaired) electrons. The fourth-order valence-corrected chi connectivity index (χ4v) is 3.18. The Bertz CT molecular complexity index is 907. The van der Waals surface area contributed by atoms with Gasteiger partial charge in [0, 0.05) is 17.1 Å². The average molecular weight is 368 g/mol. The van der Waals surface area contributed by atoms with Crippen LogP contribution in [-0.2, 0) is 17.9 Å². The van der Waals surface area contributed by atoms with Crippen molar-refractivity contribution in [3.05, 3.63) is 77.2 Å². The van der Waals surface area contributed by atoms with E-state index < -0.39 is 0 Å². The number of fused-ring (bicyclic) bond motifs is 1. The standard InChI is InChI=1S/C20H18ClN3O2/c21-16-8-6-14(7-9-16)18-11-22-19-13-26-17(12-24(18)19)10-23-20(25)15-4-2-1-3-5-15/h1-9,11,17H,10,12-13H2,(H,23,25)/t17-/m0/s1. The van der Waals surface area contributed by atoms with Crippen molar-refractivity contribution in [2.24, 2.45) is 0 Å². The van der Waals surface area contributed by atoms with E-state index in [9.17, 15) is 4.79 Å². The van der Waals surface area contributed by atoms with Crippen molar-refractivity contribution < 1.29 is 9.53 Å². The van der Waals surface area contributed by atoms with Gasteiger partial charge in [-0.2, -0.15) is 0 Å². The second-order valence-corrected chi connectivity index (χ2v) is 6.62. The maximum atomic E-state index is 12.2. The summed E-state index contributed by atoms with van der Waals surface area (Å²) in [6.07, 6.45) is 1.75. The largest absolute Gasteiger partial charge is 0.367 e. The van der Waals surface area contributed by atoms with E-state index in [0.717, 1.165) is 17.1 Å². The van der Waals surface area contributed by atoms with Crippen molar-refractivity contribution >= 4 is 17.5 Å². The molecule has 1 aliphatic rings. The van der Waals surface area contributed by atoms with Gasteiger partial charge >= 0.3 is 0 Å². The number of hydrogen-bond acceptors (Lipinski definition) is 3. The van der Waals surface area contributed by atoms with E-state index in [-0.39, 0.29) is 12.0 Å². The molecule has 4 rings (SSSR count). The lowest BCUT2D eigenvalue weighted by atomic mass is 10.1. The minimum Gasteiger partial charge on any atom is -0.367 e. The highest BCUT2D eigenvalue weighted by atomic mass is 35.5. The lowest BCUT2D eigenvalue weighted by molar-refractivity contribution is 0.00374. The Morgan fingerprint density at radius 1 is 1.19 bits per heavy atom. The molecule has 1 atom stereocenters. The van der Waals surface area contributed by atoms with Crippen molar-refractivity contribution in [1.82, 2.24) is 14.9 Å². The SMILES string of the molecule is O=C(NC[C@H]1Cn2c(-c3ccc(Cl)cc3)cnc2CO1)c1ccccc1. The third-order valence-corrected chi connectivity index (χ3v) is 4.69. The number of nitrogens with zero attached hydrogens (tertiary/aromatic N) is 2. The second-order valence-electron chi connectivity index (χ2n) is 6.19. The first-order valence-electron chi connectivity index (χ1n) is 8.46. The van der Waals surface area contributed by atoms with Gasteiger partial charge in [-0.3, -0.25) is 4.79 Å². The number of benzene rings is 2. The summed E-state index contributed by atoms with van der Waals surface area (Å²) in [4.78, 5) is 16.7. The topological polar surface area (TPSA) is 56.2 Å². The van der Waals surface area contributed by atoms with Crippen LogP contribution in [0.4, 0.5) is 0 Å². The molecule has 0 aliphatic carbocycles. The molecule has 132 valence electrons. The molecule has 3 aromatic rings. The first kappa shape index (κ1) is 16.8. The van der Waals surface area contributed by atoms with Crippen LogP contribution >= 0.6 is 11.6 Å². The van der Waals surface area contributed by atoms with E-state index in [1.54, 1.807) is 12.1 Å². The van der Waals surface area contributed by atoms with Crippen LogP contribution in [0, 0.1) is 0 Å². The average Bonchev–Trinajstić information content (AvgIpc) is 3.10. The molecule has 1 aromatic heterocycles. The van der Waals surface area contributed by atoms with Crippen LogP contribution < -0.4 is 5.32 Å². The second kappa shape index (κ2) is 7.32. The Kier molecular flexibility index (Phi) is 4.73. The molecule has 2 aromatic carbocycles. The van der Waals surface area contributed by atoms with Crippen molar-refractivity contribution in [2.75, 3.05) is 6.54 Å². The summed E-state index contributed by atoms with van der Waals surface area (Å²) in [5.74, 6) is 0.795. The van der Waals surface area contributed by atoms with Gasteiger partial charge in [0.15, 0.2) is 0 Å². The Morgan fingerprint density at radius 2 is 1.96 bits per heavy atom. The summed E-state index contributed by atoms with van der Waals surface area (Å²) >= 11 is 5.98. The number of imidazole rings is 1. The number of aromatic nitrogens is 2. The number of ether oxygens (including phenoxy) is 1. The summed E-state index contributed by atoms with van der Waals surface area (Å²) in [5, 5.41) is 3.65. The van der Waals surface area contributed by atoms with E-state index in [0.29, 0.717) is 30.3 Å². The molecule has 0 unspecified atom stereocenters. The number of amides is 1. The first-order valence-corrected chi connectivity index (χ1v) is 8.84. The monoisotopic (exact) mass is 367 g/mol. The predicted molar refractivity (Wildman–Crippen MR) is 100 cm³/mol. The molecule has 2 heterocycles. The molecule has 0 saturated carbocycles. The summed E-state index contributed by atoms with van der Waals surface area (Å²) in [6, 6.07) is 16.9. The van der Waals surface area contributed by atoms with Crippen LogP contribution in [0.5, 0.6) is 0 Å². The van der Waals surface area contributed by atoms with Crippen LogP contribution in [0.2, 0.25) is 5.02 Å². The zero-order valence-electron chi connectivity index (χ0n) is 14.1. The molecule has 26 heavy (non-hydrogen) atoms. The van der Waals surface area contributed by atoms with Gasteiger partial charge in [0.25, 0.3) is 5.91 Å². The van der Waals surface area contributed by atoms with E-state index >= 15 is 0 Å². The molecule has 5 nitrogen and oxygen atoms in total. The van der Waals surface area contributed by atoms with Gasteiger partial charge in [0.2, 0.25) is 0 Å². The Hall–Kier alpha value is -2.63. The highest BCUT2D eigenvalue weighted by molar-refractivity contribution is 6.30. The smallest absolute Gasteiger partial charge is 0.251 e. The number of rotatable bonds is 4. The number of carbonyl (C=O) groups is 1. The van der Waals surface area contributed by atoms with E-state index in [1.807, 2.05) is 48.7 Å². The molecule has 0 bridgehead atoms. The number of hydrogen-bond donors (Lipinski definition) is 1. The zero-order valence-corrected chi connectivity index (χ0v) is 14.8. The van der Waals surface area contributed by atoms with Crippen LogP contribution in [0.25, 0.3) is 11.3 Å². The van der Waals surface area contributed by atoms with Crippen LogP contribution in [-0.4, -0.2) is 28.1 Å². The molecule has 1 aliphatic heterocycles. The molecule has 0 fully saturated rings. The lowest BCUT2D eigenvalue weighted by Gasteiger charge is -2.26. The number of carbonyl (C=O) groups excluding carboxylic acids is 1. The van der Waals surface area contributed by atoms with Crippen LogP contribution in [0.1, 0.15) is 16.2 Å². The third-order valence-electron chi connectivity index (χ3n) is 4.44. The number of nitrogens with one attached hydrogen (secondary N) is 1. The zero-order chi connectivity index (χ0) is 17.9. The molecular formula is C20H18ClN3O2. The fourth-order valence-electron chi connectivity index (χ4n) is 3.05. The Balaban J connectivity index is 1.45. The van der Waals surface area contributed by atoms with E-state index in [1.165, 1.54) is 0 Å². The maximum Gasteiger partial charge on any atom is 0.251 e. The summed E-state index contributed by atoms with van der Waals surface area (Å²) in [7, 11) is 0. The summed E-state index contributed by atoms with van der Waals surface area (Å²) in [5.41, 5.74) is 2.73. The molecule has 1 N–H and O–H groups in total. The maximum absolute atomic E-state index is 12.2. The Morgan fingerprint density at radius 3 is 2.73 bits per heavy atom. The third kappa shape index (κ3) is 3.49. The Labute approximate surface area is 156 Å². The van der Waals surface area contributed by atoms with Crippen LogP contribution in [0.3, 0.4) is 0 Å². The normalized spacial score (nSPS) is 16.1. The molecule has 0 spiro atoms. The van der Waals surface area contributed by atoms with E-state index in [4.69, 9.17) is 16.3 Å². The van der Waals surface area contributed by atoms with Crippen LogP contribution in [0.15, 0.2) is 60.8 Å². The van der Waals surface area contributed by atoms with Crippen molar-refractivity contribution in [1.29, 1.82) is 0 Å². The van der Waals surface area contributed by atoms with Gasteiger partial charge < -0.3 is 14.6 Å². The van der Waals surface area contributed by atoms with Gasteiger partial charge in [-0.05, 0) is 29.8 Å². The minimum atomic E-state index is -0.101. The molecule has 6 heteroatoms. The van der Waals surface area contributed by atoms with Gasteiger partial charge in [0.05, 0.1) is 24.5 Å². The van der Waals surface area contributed by atoms with Gasteiger partial charge in [-0.1, -0.05) is 41.9 Å². The first-order chi connectivity index (χ1) is 12.7. The van der Waals surface area contributed by atoms with Gasteiger partial charge in [0.1, 0.15) is 12.4 Å². The van der Waals surface area contributed by atoms with E-state index in [2.05, 4.69) is 14.9 Å². The molecule has 1 amide bonds. The van der Waals surface area contributed by atoms with Crippen molar-refractivity contribution in [2.45, 2.75) is 19.3 Å².